The van der Waals surface area contributed by atoms with Crippen LogP contribution in [0.1, 0.15) is 24.5 Å². The number of fused-ring (bicyclic) bond motifs is 1. The summed E-state index contributed by atoms with van der Waals surface area (Å²) in [5.41, 5.74) is 0.937. The zero-order chi connectivity index (χ0) is 11.0. The number of aliphatic hydroxyl groups is 1. The Bertz CT molecular complexity index is 374. The maximum atomic E-state index is 10.4. The summed E-state index contributed by atoms with van der Waals surface area (Å²) in [6.45, 7) is 1.69. The van der Waals surface area contributed by atoms with E-state index in [1.54, 1.807) is 0 Å². The molecule has 1 fully saturated rings. The van der Waals surface area contributed by atoms with Gasteiger partial charge in [-0.25, -0.2) is 0 Å². The van der Waals surface area contributed by atoms with Crippen molar-refractivity contribution in [1.82, 2.24) is 5.32 Å². The summed E-state index contributed by atoms with van der Waals surface area (Å²) in [6, 6.07) is 8.19. The largest absolute Gasteiger partial charge is 0.493 e. The molecule has 0 spiro atoms. The molecule has 1 aromatic carbocycles. The predicted octanol–water partition coefficient (Wildman–Crippen LogP) is 1.48. The molecule has 2 heterocycles. The van der Waals surface area contributed by atoms with Gasteiger partial charge < -0.3 is 15.2 Å². The van der Waals surface area contributed by atoms with Crippen LogP contribution in [0.25, 0.3) is 0 Å². The van der Waals surface area contributed by atoms with Gasteiger partial charge in [0.15, 0.2) is 0 Å². The molecule has 0 aromatic heterocycles. The van der Waals surface area contributed by atoms with Crippen molar-refractivity contribution in [1.29, 1.82) is 0 Å². The van der Waals surface area contributed by atoms with Crippen molar-refractivity contribution in [2.75, 3.05) is 13.2 Å². The van der Waals surface area contributed by atoms with Gasteiger partial charge in [-0.1, -0.05) is 18.2 Å². The van der Waals surface area contributed by atoms with Gasteiger partial charge in [-0.3, -0.25) is 0 Å². The average Bonchev–Trinajstić information content (AvgIpc) is 2.83. The van der Waals surface area contributed by atoms with Gasteiger partial charge in [0, 0.05) is 17.5 Å². The number of para-hydroxylation sites is 1. The predicted molar refractivity (Wildman–Crippen MR) is 61.4 cm³/mol. The van der Waals surface area contributed by atoms with E-state index in [9.17, 15) is 5.11 Å². The number of rotatable bonds is 1. The minimum atomic E-state index is -0.388. The number of hydrogen-bond donors (Lipinski definition) is 2. The average molecular weight is 219 g/mol. The number of ether oxygens (including phenoxy) is 1. The van der Waals surface area contributed by atoms with Crippen LogP contribution < -0.4 is 10.1 Å². The first kappa shape index (κ1) is 10.1. The Labute approximate surface area is 95.4 Å². The molecule has 2 aliphatic rings. The van der Waals surface area contributed by atoms with Gasteiger partial charge in [0.05, 0.1) is 12.7 Å². The van der Waals surface area contributed by atoms with Crippen molar-refractivity contribution in [3.05, 3.63) is 29.8 Å². The van der Waals surface area contributed by atoms with E-state index >= 15 is 0 Å². The van der Waals surface area contributed by atoms with Gasteiger partial charge >= 0.3 is 0 Å². The normalized spacial score (nSPS) is 33.2. The highest BCUT2D eigenvalue weighted by Crippen LogP contribution is 2.37. The standard InChI is InChI=1S/C13H17NO2/c15-13-9-4-1-2-6-12(9)16-8-10(13)11-5-3-7-14-11/h1-2,4,6,10-11,13-15H,3,5,7-8H2. The van der Waals surface area contributed by atoms with Gasteiger partial charge in [0.1, 0.15) is 5.75 Å². The second-order valence-electron chi connectivity index (χ2n) is 4.66. The Kier molecular flexibility index (Phi) is 2.58. The van der Waals surface area contributed by atoms with Crippen molar-refractivity contribution in [2.45, 2.75) is 25.0 Å². The summed E-state index contributed by atoms with van der Waals surface area (Å²) in [5, 5.41) is 13.8. The van der Waals surface area contributed by atoms with E-state index in [1.807, 2.05) is 24.3 Å². The fraction of sp³-hybridized carbons (Fsp3) is 0.538. The molecule has 3 unspecified atom stereocenters. The zero-order valence-corrected chi connectivity index (χ0v) is 9.23. The van der Waals surface area contributed by atoms with Crippen molar-refractivity contribution < 1.29 is 9.84 Å². The maximum absolute atomic E-state index is 10.4. The fourth-order valence-corrected chi connectivity index (χ4v) is 2.78. The van der Waals surface area contributed by atoms with Crippen LogP contribution in [0.3, 0.4) is 0 Å². The molecule has 1 saturated heterocycles. The number of hydrogen-bond acceptors (Lipinski definition) is 3. The van der Waals surface area contributed by atoms with Crippen molar-refractivity contribution in [3.8, 4) is 5.75 Å². The third-order valence-electron chi connectivity index (χ3n) is 3.69. The quantitative estimate of drug-likeness (QED) is 0.751. The lowest BCUT2D eigenvalue weighted by Crippen LogP contribution is -2.40. The maximum Gasteiger partial charge on any atom is 0.125 e. The van der Waals surface area contributed by atoms with Gasteiger partial charge in [-0.15, -0.1) is 0 Å². The van der Waals surface area contributed by atoms with E-state index in [0.29, 0.717) is 12.6 Å². The van der Waals surface area contributed by atoms with Crippen molar-refractivity contribution in [2.24, 2.45) is 5.92 Å². The minimum Gasteiger partial charge on any atom is -0.493 e. The molecule has 1 aromatic rings. The van der Waals surface area contributed by atoms with E-state index < -0.39 is 0 Å². The lowest BCUT2D eigenvalue weighted by molar-refractivity contribution is 0.0330. The van der Waals surface area contributed by atoms with Crippen LogP contribution in [-0.2, 0) is 0 Å². The Morgan fingerprint density at radius 1 is 1.31 bits per heavy atom. The lowest BCUT2D eigenvalue weighted by atomic mass is 9.87. The third kappa shape index (κ3) is 1.60. The molecule has 3 rings (SSSR count). The molecule has 0 bridgehead atoms. The van der Waals surface area contributed by atoms with Gasteiger partial charge in [-0.2, -0.15) is 0 Å². The first-order chi connectivity index (χ1) is 7.86. The molecule has 2 aliphatic heterocycles. The number of benzene rings is 1. The Morgan fingerprint density at radius 3 is 3.00 bits per heavy atom. The topological polar surface area (TPSA) is 41.5 Å². The van der Waals surface area contributed by atoms with Crippen molar-refractivity contribution in [3.63, 3.8) is 0 Å². The van der Waals surface area contributed by atoms with Crippen LogP contribution in [0.5, 0.6) is 5.75 Å². The summed E-state index contributed by atoms with van der Waals surface area (Å²) in [7, 11) is 0. The number of aliphatic hydroxyl groups excluding tert-OH is 1. The Hall–Kier alpha value is -1.06. The van der Waals surface area contributed by atoms with Gasteiger partial charge in [0.25, 0.3) is 0 Å². The lowest BCUT2D eigenvalue weighted by Gasteiger charge is -2.34. The summed E-state index contributed by atoms with van der Waals surface area (Å²) >= 11 is 0. The molecule has 0 radical (unpaired) electrons. The Balaban J connectivity index is 1.85. The second-order valence-corrected chi connectivity index (χ2v) is 4.66. The molecule has 3 nitrogen and oxygen atoms in total. The number of nitrogens with one attached hydrogen (secondary N) is 1. The Morgan fingerprint density at radius 2 is 2.19 bits per heavy atom. The highest BCUT2D eigenvalue weighted by Gasteiger charge is 2.35. The summed E-state index contributed by atoms with van der Waals surface area (Å²) in [4.78, 5) is 0. The molecule has 2 N–H and O–H groups in total. The fourth-order valence-electron chi connectivity index (χ4n) is 2.78. The monoisotopic (exact) mass is 219 g/mol. The van der Waals surface area contributed by atoms with E-state index in [0.717, 1.165) is 24.3 Å². The molecule has 16 heavy (non-hydrogen) atoms. The minimum absolute atomic E-state index is 0.192. The molecule has 3 heteroatoms. The smallest absolute Gasteiger partial charge is 0.125 e. The van der Waals surface area contributed by atoms with E-state index in [1.165, 1.54) is 6.42 Å². The summed E-state index contributed by atoms with van der Waals surface area (Å²) in [6.07, 6.45) is 1.96. The molecule has 3 atom stereocenters. The van der Waals surface area contributed by atoms with Gasteiger partial charge in [0.2, 0.25) is 0 Å². The van der Waals surface area contributed by atoms with Crippen LogP contribution in [0.4, 0.5) is 0 Å². The van der Waals surface area contributed by atoms with Crippen LogP contribution in [-0.4, -0.2) is 24.3 Å². The summed E-state index contributed by atoms with van der Waals surface area (Å²) < 4.78 is 5.72. The van der Waals surface area contributed by atoms with Crippen LogP contribution in [0, 0.1) is 5.92 Å². The molecular weight excluding hydrogens is 202 g/mol. The van der Waals surface area contributed by atoms with E-state index in [-0.39, 0.29) is 12.0 Å². The van der Waals surface area contributed by atoms with Crippen LogP contribution in [0.2, 0.25) is 0 Å². The molecule has 0 saturated carbocycles. The van der Waals surface area contributed by atoms with E-state index in [2.05, 4.69) is 5.32 Å². The first-order valence-electron chi connectivity index (χ1n) is 5.99. The molecule has 0 amide bonds. The van der Waals surface area contributed by atoms with E-state index in [4.69, 9.17) is 4.74 Å². The third-order valence-corrected chi connectivity index (χ3v) is 3.69. The van der Waals surface area contributed by atoms with Crippen LogP contribution >= 0.6 is 0 Å². The van der Waals surface area contributed by atoms with Crippen LogP contribution in [0.15, 0.2) is 24.3 Å². The summed E-state index contributed by atoms with van der Waals surface area (Å²) in [5.74, 6) is 1.03. The molecular formula is C13H17NO2. The second kappa shape index (κ2) is 4.07. The highest BCUT2D eigenvalue weighted by molar-refractivity contribution is 5.37. The molecule has 86 valence electrons. The zero-order valence-electron chi connectivity index (χ0n) is 9.23. The highest BCUT2D eigenvalue weighted by atomic mass is 16.5. The first-order valence-corrected chi connectivity index (χ1v) is 5.99. The molecule has 0 aliphatic carbocycles. The SMILES string of the molecule is OC1c2ccccc2OCC1C1CCCN1. The van der Waals surface area contributed by atoms with Gasteiger partial charge in [-0.05, 0) is 25.5 Å². The van der Waals surface area contributed by atoms with Crippen molar-refractivity contribution >= 4 is 0 Å².